The predicted octanol–water partition coefficient (Wildman–Crippen LogP) is 4.86. The molecule has 0 spiro atoms. The van der Waals surface area contributed by atoms with Crippen LogP contribution in [0.25, 0.3) is 22.2 Å². The third-order valence-corrected chi connectivity index (χ3v) is 8.37. The first-order valence-corrected chi connectivity index (χ1v) is 13.0. The molecule has 0 saturated heterocycles. The minimum Gasteiger partial charge on any atom is -0.465 e. The summed E-state index contributed by atoms with van der Waals surface area (Å²) in [4.78, 5) is 40.1. The van der Waals surface area contributed by atoms with Crippen LogP contribution in [-0.4, -0.2) is 55.2 Å². The largest absolute Gasteiger partial charge is 0.465 e. The van der Waals surface area contributed by atoms with E-state index in [1.165, 1.54) is 6.07 Å². The molecule has 7 rings (SSSR count). The van der Waals surface area contributed by atoms with E-state index in [1.807, 2.05) is 22.8 Å². The van der Waals surface area contributed by atoms with E-state index in [2.05, 4.69) is 15.3 Å². The van der Waals surface area contributed by atoms with Crippen LogP contribution >= 0.6 is 0 Å². The van der Waals surface area contributed by atoms with Crippen molar-refractivity contribution in [2.24, 2.45) is 0 Å². The maximum atomic E-state index is 13.3. The molecule has 1 saturated carbocycles. The van der Waals surface area contributed by atoms with Gasteiger partial charge in [-0.2, -0.15) is 8.78 Å². The van der Waals surface area contributed by atoms with Gasteiger partial charge in [0.05, 0.1) is 23.1 Å². The average Bonchev–Trinajstić information content (AvgIpc) is 3.43. The van der Waals surface area contributed by atoms with Crippen molar-refractivity contribution in [1.29, 1.82) is 0 Å². The fraction of sp³-hybridized carbons (Fsp3) is 0.321. The van der Waals surface area contributed by atoms with Crippen molar-refractivity contribution < 1.29 is 28.2 Å². The molecule has 0 radical (unpaired) electrons. The number of ether oxygens (including phenoxy) is 1. The zero-order chi connectivity index (χ0) is 27.8. The molecule has 2 aromatic carbocycles. The van der Waals surface area contributed by atoms with Gasteiger partial charge in [0.15, 0.2) is 5.82 Å². The molecule has 2 aliphatic heterocycles. The normalized spacial score (nSPS) is 20.6. The lowest BCUT2D eigenvalue weighted by Crippen LogP contribution is -2.51. The highest BCUT2D eigenvalue weighted by atomic mass is 19.3. The lowest BCUT2D eigenvalue weighted by molar-refractivity contribution is -0.0507. The molecule has 2 aromatic heterocycles. The van der Waals surface area contributed by atoms with Gasteiger partial charge in [0.25, 0.3) is 5.91 Å². The highest BCUT2D eigenvalue weighted by Gasteiger charge is 2.45. The molecule has 1 aliphatic carbocycles. The maximum absolute atomic E-state index is 13.3. The highest BCUT2D eigenvalue weighted by molar-refractivity contribution is 5.98. The van der Waals surface area contributed by atoms with Gasteiger partial charge in [0.1, 0.15) is 17.1 Å². The Labute approximate surface area is 226 Å². The van der Waals surface area contributed by atoms with Crippen molar-refractivity contribution in [2.45, 2.75) is 49.9 Å². The topological polar surface area (TPSA) is 122 Å². The number of hydrogen-bond donors (Lipinski definition) is 2. The van der Waals surface area contributed by atoms with E-state index in [-0.39, 0.29) is 17.7 Å². The van der Waals surface area contributed by atoms with Crippen molar-refractivity contribution in [3.05, 3.63) is 71.6 Å². The Morgan fingerprint density at radius 3 is 2.60 bits per heavy atom. The van der Waals surface area contributed by atoms with Gasteiger partial charge in [0.2, 0.25) is 0 Å². The number of nitrogens with one attached hydrogen (secondary N) is 1. The van der Waals surface area contributed by atoms with Crippen LogP contribution in [0, 0.1) is 0 Å². The monoisotopic (exact) mass is 546 g/mol. The molecule has 2 bridgehead atoms. The van der Waals surface area contributed by atoms with Gasteiger partial charge in [-0.3, -0.25) is 4.79 Å². The van der Waals surface area contributed by atoms with E-state index < -0.39 is 24.3 Å². The highest BCUT2D eigenvalue weighted by Crippen LogP contribution is 2.50. The van der Waals surface area contributed by atoms with Gasteiger partial charge >= 0.3 is 12.7 Å². The predicted molar refractivity (Wildman–Crippen MR) is 138 cm³/mol. The van der Waals surface area contributed by atoms with Crippen LogP contribution in [0.3, 0.4) is 0 Å². The summed E-state index contributed by atoms with van der Waals surface area (Å²) in [6.07, 6.45) is 4.91. The number of carboxylic acid groups (broad SMARTS) is 1. The summed E-state index contributed by atoms with van der Waals surface area (Å²) in [6, 6.07) is 9.62. The number of carbonyl (C=O) groups is 2. The number of hydrogen-bond acceptors (Lipinski definition) is 6. The second-order valence-electron chi connectivity index (χ2n) is 10.5. The molecule has 40 heavy (non-hydrogen) atoms. The van der Waals surface area contributed by atoms with Crippen LogP contribution in [0.2, 0.25) is 0 Å². The average molecular weight is 547 g/mol. The van der Waals surface area contributed by atoms with E-state index in [0.29, 0.717) is 47.6 Å². The lowest BCUT2D eigenvalue weighted by atomic mass is 9.76. The standard InChI is InChI=1S/C28H24F2N6O4/c1-35-20-11-19(22-16(24(35)37)4-2-5-21(22)40-26(29)30)36-18-10-14(6-7-17(18)33-23(20)36)15-12-31-25(32-13-15)28(8-3-9-28)34-27(38)39/h2,4-7,10,12-13,19-20,26,34H,3,8-9,11H2,1H3,(H,38,39)/t19-,20-/m1/s1. The van der Waals surface area contributed by atoms with Crippen LogP contribution < -0.4 is 10.1 Å². The Hall–Kier alpha value is -4.61. The molecular formula is C28H24F2N6O4. The lowest BCUT2D eigenvalue weighted by Gasteiger charge is -2.39. The molecule has 1 fully saturated rings. The third-order valence-electron chi connectivity index (χ3n) is 8.37. The smallest absolute Gasteiger partial charge is 0.405 e. The van der Waals surface area contributed by atoms with Crippen LogP contribution in [0.1, 0.15) is 65.3 Å². The number of nitrogens with zero attached hydrogens (tertiary/aromatic N) is 5. The maximum Gasteiger partial charge on any atom is 0.405 e. The molecule has 0 unspecified atom stereocenters. The zero-order valence-corrected chi connectivity index (χ0v) is 21.3. The second-order valence-corrected chi connectivity index (χ2v) is 10.5. The van der Waals surface area contributed by atoms with Crippen molar-refractivity contribution in [3.63, 3.8) is 0 Å². The quantitative estimate of drug-likeness (QED) is 0.367. The van der Waals surface area contributed by atoms with Crippen LogP contribution in [0.5, 0.6) is 5.75 Å². The summed E-state index contributed by atoms with van der Waals surface area (Å²) in [5.74, 6) is 0.843. The Balaban J connectivity index is 1.32. The van der Waals surface area contributed by atoms with Crippen molar-refractivity contribution in [1.82, 2.24) is 29.7 Å². The SMILES string of the molecule is CN1C(=O)c2cccc(OC(F)F)c2[C@H]2C[C@@H]1c1nc3ccc(-c4cnc(C5(NC(=O)O)CCC5)nc4)cc3n12. The van der Waals surface area contributed by atoms with Gasteiger partial charge in [-0.05, 0) is 49.1 Å². The molecule has 2 N–H and O–H groups in total. The van der Waals surface area contributed by atoms with E-state index in [4.69, 9.17) is 9.72 Å². The fourth-order valence-electron chi connectivity index (χ4n) is 6.32. The summed E-state index contributed by atoms with van der Waals surface area (Å²) in [5, 5.41) is 11.8. The van der Waals surface area contributed by atoms with Crippen LogP contribution in [0.15, 0.2) is 48.8 Å². The van der Waals surface area contributed by atoms with Crippen LogP contribution in [0.4, 0.5) is 13.6 Å². The molecule has 4 aromatic rings. The van der Waals surface area contributed by atoms with E-state index in [0.717, 1.165) is 23.1 Å². The minimum atomic E-state index is -3.03. The first kappa shape index (κ1) is 24.4. The summed E-state index contributed by atoms with van der Waals surface area (Å²) < 4.78 is 33.6. The summed E-state index contributed by atoms with van der Waals surface area (Å²) >= 11 is 0. The molecule has 10 nitrogen and oxygen atoms in total. The third kappa shape index (κ3) is 3.55. The molecule has 2 amide bonds. The van der Waals surface area contributed by atoms with Gasteiger partial charge in [-0.15, -0.1) is 0 Å². The van der Waals surface area contributed by atoms with Crippen molar-refractivity contribution in [2.75, 3.05) is 7.05 Å². The zero-order valence-electron chi connectivity index (χ0n) is 21.3. The van der Waals surface area contributed by atoms with Gasteiger partial charge < -0.3 is 24.6 Å². The summed E-state index contributed by atoms with van der Waals surface area (Å²) in [7, 11) is 1.70. The Morgan fingerprint density at radius 1 is 1.15 bits per heavy atom. The first-order chi connectivity index (χ1) is 19.3. The number of benzene rings is 2. The summed E-state index contributed by atoms with van der Waals surface area (Å²) in [6.45, 7) is -3.03. The Morgan fingerprint density at radius 2 is 1.93 bits per heavy atom. The number of alkyl halides is 2. The molecule has 4 heterocycles. The number of fused-ring (bicyclic) bond motifs is 9. The van der Waals surface area contributed by atoms with E-state index in [1.54, 1.807) is 36.5 Å². The van der Waals surface area contributed by atoms with Gasteiger partial charge in [0, 0.05) is 42.6 Å². The number of rotatable bonds is 5. The Kier molecular flexibility index (Phi) is 5.31. The first-order valence-electron chi connectivity index (χ1n) is 13.0. The van der Waals surface area contributed by atoms with E-state index >= 15 is 0 Å². The number of imidazole rings is 1. The van der Waals surface area contributed by atoms with Gasteiger partial charge in [-0.25, -0.2) is 19.7 Å². The Bertz CT molecular complexity index is 1680. The van der Waals surface area contributed by atoms with Crippen LogP contribution in [-0.2, 0) is 5.54 Å². The molecular weight excluding hydrogens is 522 g/mol. The molecule has 2 atom stereocenters. The number of halogens is 2. The second kappa shape index (κ2) is 8.70. The minimum absolute atomic E-state index is 0.0189. The molecule has 12 heteroatoms. The molecule has 3 aliphatic rings. The number of amides is 2. The number of carbonyl (C=O) groups excluding carboxylic acids is 1. The molecule has 204 valence electrons. The van der Waals surface area contributed by atoms with E-state index in [9.17, 15) is 23.5 Å². The van der Waals surface area contributed by atoms with Crippen molar-refractivity contribution in [3.8, 4) is 16.9 Å². The summed E-state index contributed by atoms with van der Waals surface area (Å²) in [5.41, 5.74) is 3.05. The van der Waals surface area contributed by atoms with Gasteiger partial charge in [-0.1, -0.05) is 12.1 Å². The fourth-order valence-corrected chi connectivity index (χ4v) is 6.32. The van der Waals surface area contributed by atoms with Crippen molar-refractivity contribution >= 4 is 23.0 Å². The number of aromatic nitrogens is 4.